The van der Waals surface area contributed by atoms with Crippen LogP contribution in [0.2, 0.25) is 0 Å². The Morgan fingerprint density at radius 1 is 1.05 bits per heavy atom. The number of rotatable bonds is 1. The Labute approximate surface area is 116 Å². The van der Waals surface area contributed by atoms with Gasteiger partial charge in [0.05, 0.1) is 11.3 Å². The highest BCUT2D eigenvalue weighted by Gasteiger charge is 2.26. The minimum Gasteiger partial charge on any atom is -0.478 e. The molecule has 0 saturated heterocycles. The van der Waals surface area contributed by atoms with E-state index in [9.17, 15) is 9.90 Å². The van der Waals surface area contributed by atoms with Gasteiger partial charge >= 0.3 is 5.97 Å². The summed E-state index contributed by atoms with van der Waals surface area (Å²) in [6.07, 6.45) is 0.945. The molecule has 98 valence electrons. The molecule has 1 aromatic heterocycles. The summed E-state index contributed by atoms with van der Waals surface area (Å²) in [6.45, 7) is 0.833. The number of aryl methyl sites for hydroxylation is 2. The molecule has 0 atom stereocenters. The first kappa shape index (κ1) is 11.3. The quantitative estimate of drug-likeness (QED) is 0.729. The molecule has 0 spiro atoms. The van der Waals surface area contributed by atoms with E-state index in [2.05, 4.69) is 10.6 Å². The molecule has 2 heterocycles. The summed E-state index contributed by atoms with van der Waals surface area (Å²) in [4.78, 5) is 11.7. The summed E-state index contributed by atoms with van der Waals surface area (Å²) in [5.41, 5.74) is 4.56. The van der Waals surface area contributed by atoms with Crippen LogP contribution in [0.5, 0.6) is 0 Å². The fraction of sp³-hybridized carbons (Fsp3) is 0.118. The van der Waals surface area contributed by atoms with Crippen molar-refractivity contribution in [3.05, 3.63) is 59.7 Å². The van der Waals surface area contributed by atoms with E-state index < -0.39 is 5.97 Å². The highest BCUT2D eigenvalue weighted by atomic mass is 16.4. The first-order valence-electron chi connectivity index (χ1n) is 6.70. The van der Waals surface area contributed by atoms with E-state index in [0.717, 1.165) is 35.1 Å². The number of aromatic carboxylic acids is 1. The van der Waals surface area contributed by atoms with Gasteiger partial charge in [0.25, 0.3) is 0 Å². The van der Waals surface area contributed by atoms with Crippen LogP contribution in [-0.4, -0.2) is 15.6 Å². The molecule has 1 aliphatic rings. The van der Waals surface area contributed by atoms with Crippen molar-refractivity contribution in [1.29, 1.82) is 0 Å². The van der Waals surface area contributed by atoms with Gasteiger partial charge in [-0.05, 0) is 18.1 Å². The van der Waals surface area contributed by atoms with E-state index in [0.29, 0.717) is 5.56 Å². The number of carbonyl (C=O) groups is 1. The third-order valence-corrected chi connectivity index (χ3v) is 4.06. The normalized spacial score (nSPS) is 13.0. The molecular weight excluding hydrogens is 250 g/mol. The van der Waals surface area contributed by atoms with Gasteiger partial charge in [0.15, 0.2) is 0 Å². The van der Waals surface area contributed by atoms with Gasteiger partial charge in [-0.3, -0.25) is 0 Å². The zero-order valence-electron chi connectivity index (χ0n) is 10.8. The predicted octanol–water partition coefficient (Wildman–Crippen LogP) is 3.56. The third kappa shape index (κ3) is 1.37. The Hall–Kier alpha value is -2.55. The van der Waals surface area contributed by atoms with E-state index in [1.165, 1.54) is 5.56 Å². The zero-order valence-corrected chi connectivity index (χ0v) is 10.8. The van der Waals surface area contributed by atoms with Gasteiger partial charge in [-0.25, -0.2) is 4.79 Å². The lowest BCUT2D eigenvalue weighted by Crippen LogP contribution is -2.12. The second-order valence-corrected chi connectivity index (χ2v) is 5.10. The summed E-state index contributed by atoms with van der Waals surface area (Å²) in [7, 11) is 0. The summed E-state index contributed by atoms with van der Waals surface area (Å²) in [5, 5.41) is 10.5. The van der Waals surface area contributed by atoms with Crippen molar-refractivity contribution in [2.45, 2.75) is 13.0 Å². The van der Waals surface area contributed by atoms with E-state index in [4.69, 9.17) is 0 Å². The van der Waals surface area contributed by atoms with Crippen LogP contribution in [-0.2, 0) is 13.0 Å². The molecule has 0 saturated carbocycles. The van der Waals surface area contributed by atoms with Crippen molar-refractivity contribution in [3.8, 4) is 11.3 Å². The average Bonchev–Trinajstić information content (AvgIpc) is 2.82. The number of para-hydroxylation sites is 1. The van der Waals surface area contributed by atoms with Crippen LogP contribution in [0.3, 0.4) is 0 Å². The minimum absolute atomic E-state index is 0.424. The Kier molecular flexibility index (Phi) is 2.24. The lowest BCUT2D eigenvalue weighted by atomic mass is 9.96. The SMILES string of the molecule is O=C(O)c1c2n(c3ccccc13)CCc1ccccc1-2. The second kappa shape index (κ2) is 3.97. The van der Waals surface area contributed by atoms with Gasteiger partial charge in [0.2, 0.25) is 0 Å². The molecule has 0 fully saturated rings. The molecule has 0 bridgehead atoms. The summed E-state index contributed by atoms with van der Waals surface area (Å²) < 4.78 is 2.14. The van der Waals surface area contributed by atoms with E-state index in [1.807, 2.05) is 42.5 Å². The van der Waals surface area contributed by atoms with Crippen LogP contribution in [0.25, 0.3) is 22.2 Å². The number of carboxylic acid groups (broad SMARTS) is 1. The smallest absolute Gasteiger partial charge is 0.338 e. The van der Waals surface area contributed by atoms with Gasteiger partial charge in [-0.1, -0.05) is 42.5 Å². The maximum absolute atomic E-state index is 11.7. The number of nitrogens with zero attached hydrogens (tertiary/aromatic N) is 1. The molecule has 1 aliphatic heterocycles. The average molecular weight is 263 g/mol. The summed E-state index contributed by atoms with van der Waals surface area (Å²) >= 11 is 0. The zero-order chi connectivity index (χ0) is 13.7. The number of fused-ring (bicyclic) bond motifs is 5. The largest absolute Gasteiger partial charge is 0.478 e. The first-order valence-corrected chi connectivity index (χ1v) is 6.70. The highest BCUT2D eigenvalue weighted by Crippen LogP contribution is 2.38. The maximum Gasteiger partial charge on any atom is 0.338 e. The van der Waals surface area contributed by atoms with Crippen molar-refractivity contribution in [1.82, 2.24) is 4.57 Å². The Balaban J connectivity index is 2.19. The van der Waals surface area contributed by atoms with Gasteiger partial charge < -0.3 is 9.67 Å². The van der Waals surface area contributed by atoms with Crippen molar-refractivity contribution in [3.63, 3.8) is 0 Å². The van der Waals surface area contributed by atoms with E-state index in [1.54, 1.807) is 0 Å². The Bertz CT molecular complexity index is 845. The molecule has 4 rings (SSSR count). The van der Waals surface area contributed by atoms with Crippen molar-refractivity contribution in [2.75, 3.05) is 0 Å². The van der Waals surface area contributed by atoms with Gasteiger partial charge in [0.1, 0.15) is 0 Å². The first-order chi connectivity index (χ1) is 9.77. The predicted molar refractivity (Wildman–Crippen MR) is 78.0 cm³/mol. The van der Waals surface area contributed by atoms with Crippen LogP contribution in [0, 0.1) is 0 Å². The molecule has 0 radical (unpaired) electrons. The second-order valence-electron chi connectivity index (χ2n) is 5.10. The topological polar surface area (TPSA) is 42.2 Å². The van der Waals surface area contributed by atoms with Crippen LogP contribution in [0.15, 0.2) is 48.5 Å². The molecule has 1 N–H and O–H groups in total. The molecule has 3 nitrogen and oxygen atoms in total. The van der Waals surface area contributed by atoms with Crippen molar-refractivity contribution in [2.24, 2.45) is 0 Å². The van der Waals surface area contributed by atoms with Crippen LogP contribution >= 0.6 is 0 Å². The van der Waals surface area contributed by atoms with Gasteiger partial charge in [-0.15, -0.1) is 0 Å². The van der Waals surface area contributed by atoms with Crippen LogP contribution < -0.4 is 0 Å². The standard InChI is InChI=1S/C17H13NO2/c19-17(20)15-13-7-3-4-8-14(13)18-10-9-11-5-1-2-6-12(11)16(15)18/h1-8H,9-10H2,(H,19,20). The molecule has 0 unspecified atom stereocenters. The van der Waals surface area contributed by atoms with Crippen molar-refractivity contribution >= 4 is 16.9 Å². The van der Waals surface area contributed by atoms with E-state index >= 15 is 0 Å². The molecule has 3 aromatic rings. The fourth-order valence-electron chi connectivity index (χ4n) is 3.23. The molecule has 20 heavy (non-hydrogen) atoms. The molecule has 2 aromatic carbocycles. The summed E-state index contributed by atoms with van der Waals surface area (Å²) in [6, 6.07) is 15.8. The van der Waals surface area contributed by atoms with Gasteiger partial charge in [-0.2, -0.15) is 0 Å². The van der Waals surface area contributed by atoms with Crippen LogP contribution in [0.4, 0.5) is 0 Å². The lowest BCUT2D eigenvalue weighted by molar-refractivity contribution is 0.0699. The minimum atomic E-state index is -0.855. The fourth-order valence-corrected chi connectivity index (χ4v) is 3.23. The molecule has 0 amide bonds. The van der Waals surface area contributed by atoms with Crippen LogP contribution in [0.1, 0.15) is 15.9 Å². The lowest BCUT2D eigenvalue weighted by Gasteiger charge is -2.20. The highest BCUT2D eigenvalue weighted by molar-refractivity contribution is 6.10. The van der Waals surface area contributed by atoms with Crippen molar-refractivity contribution < 1.29 is 9.90 Å². The molecule has 3 heteroatoms. The maximum atomic E-state index is 11.7. The summed E-state index contributed by atoms with van der Waals surface area (Å²) in [5.74, 6) is -0.855. The third-order valence-electron chi connectivity index (χ3n) is 4.06. The number of carboxylic acids is 1. The Morgan fingerprint density at radius 3 is 2.65 bits per heavy atom. The molecule has 0 aliphatic carbocycles. The Morgan fingerprint density at radius 2 is 1.80 bits per heavy atom. The number of hydrogen-bond donors (Lipinski definition) is 1. The van der Waals surface area contributed by atoms with Gasteiger partial charge in [0, 0.05) is 23.0 Å². The number of hydrogen-bond acceptors (Lipinski definition) is 1. The monoisotopic (exact) mass is 263 g/mol. The van der Waals surface area contributed by atoms with E-state index in [-0.39, 0.29) is 0 Å². The number of aromatic nitrogens is 1. The molecular formula is C17H13NO2. The number of benzene rings is 2.